The van der Waals surface area contributed by atoms with Gasteiger partial charge in [0.2, 0.25) is 0 Å². The maximum absolute atomic E-state index is 11.2. The van der Waals surface area contributed by atoms with Gasteiger partial charge in [-0.25, -0.2) is 0 Å². The number of benzene rings is 1. The fourth-order valence-electron chi connectivity index (χ4n) is 1.44. The van der Waals surface area contributed by atoms with Crippen LogP contribution < -0.4 is 5.32 Å². The molecule has 0 bridgehead atoms. The molecular weight excluding hydrogens is 180 g/mol. The zero-order valence-corrected chi connectivity index (χ0v) is 7.42. The predicted molar refractivity (Wildman–Crippen MR) is 47.7 cm³/mol. The topological polar surface area (TPSA) is 70.0 Å². The van der Waals surface area contributed by atoms with Crippen LogP contribution >= 0.6 is 0 Å². The van der Waals surface area contributed by atoms with Crippen LogP contribution in [-0.4, -0.2) is 11.8 Å². The van der Waals surface area contributed by atoms with Crippen molar-refractivity contribution in [2.75, 3.05) is 0 Å². The van der Waals surface area contributed by atoms with Gasteiger partial charge in [-0.15, -0.1) is 0 Å². The highest BCUT2D eigenvalue weighted by molar-refractivity contribution is 6.21. The first-order chi connectivity index (χ1) is 6.63. The number of rotatable bonds is 0. The summed E-state index contributed by atoms with van der Waals surface area (Å²) in [7, 11) is 0. The molecule has 1 aliphatic rings. The van der Waals surface area contributed by atoms with E-state index in [-0.39, 0.29) is 5.56 Å². The largest absolute Gasteiger partial charge is 0.288 e. The lowest BCUT2D eigenvalue weighted by molar-refractivity contribution is 0.0879. The minimum atomic E-state index is -0.429. The Morgan fingerprint density at radius 2 is 1.79 bits per heavy atom. The molecule has 4 heteroatoms. The molecule has 68 valence electrons. The molecule has 1 aromatic carbocycles. The number of amides is 2. The molecule has 0 fully saturated rings. The fourth-order valence-corrected chi connectivity index (χ4v) is 1.44. The number of imide groups is 1. The molecule has 0 radical (unpaired) electrons. The number of nitrogens with one attached hydrogen (secondary N) is 1. The number of carbonyl (C=O) groups is 2. The van der Waals surface area contributed by atoms with Crippen LogP contribution in [0.3, 0.4) is 0 Å². The monoisotopic (exact) mass is 186 g/mol. The number of hydrogen-bond donors (Lipinski definition) is 1. The summed E-state index contributed by atoms with van der Waals surface area (Å²) in [5.41, 5.74) is 1.77. The molecule has 1 aromatic rings. The molecule has 0 atom stereocenters. The summed E-state index contributed by atoms with van der Waals surface area (Å²) in [6.07, 6.45) is 0. The van der Waals surface area contributed by atoms with Crippen LogP contribution in [0.2, 0.25) is 0 Å². The number of nitrogens with zero attached hydrogens (tertiary/aromatic N) is 1. The van der Waals surface area contributed by atoms with E-state index in [2.05, 4.69) is 5.32 Å². The van der Waals surface area contributed by atoms with Crippen molar-refractivity contribution < 1.29 is 9.59 Å². The Hall–Kier alpha value is -2.15. The molecule has 2 amide bonds. The summed E-state index contributed by atoms with van der Waals surface area (Å²) in [6.45, 7) is 1.73. The summed E-state index contributed by atoms with van der Waals surface area (Å²) < 4.78 is 0. The van der Waals surface area contributed by atoms with Crippen LogP contribution in [0.25, 0.3) is 0 Å². The highest BCUT2D eigenvalue weighted by atomic mass is 16.2. The Kier molecular flexibility index (Phi) is 1.61. The van der Waals surface area contributed by atoms with Gasteiger partial charge in [0.15, 0.2) is 0 Å². The second kappa shape index (κ2) is 2.67. The van der Waals surface area contributed by atoms with Crippen molar-refractivity contribution in [2.45, 2.75) is 6.92 Å². The lowest BCUT2D eigenvalue weighted by atomic mass is 10.0. The minimum Gasteiger partial charge on any atom is -0.288 e. The molecule has 0 saturated carbocycles. The van der Waals surface area contributed by atoms with Gasteiger partial charge in [0.1, 0.15) is 0 Å². The summed E-state index contributed by atoms with van der Waals surface area (Å²) in [5, 5.41) is 10.9. The maximum Gasteiger partial charge on any atom is 0.258 e. The lowest BCUT2D eigenvalue weighted by Crippen LogP contribution is -2.19. The first-order valence-corrected chi connectivity index (χ1v) is 4.04. The third kappa shape index (κ3) is 0.995. The number of aryl methyl sites for hydroxylation is 1. The average molecular weight is 186 g/mol. The molecule has 1 N–H and O–H groups in total. The highest BCUT2D eigenvalue weighted by Crippen LogP contribution is 2.20. The van der Waals surface area contributed by atoms with E-state index in [1.54, 1.807) is 13.0 Å². The molecule has 4 nitrogen and oxygen atoms in total. The van der Waals surface area contributed by atoms with E-state index < -0.39 is 11.8 Å². The van der Waals surface area contributed by atoms with Gasteiger partial charge in [0, 0.05) is 0 Å². The van der Waals surface area contributed by atoms with E-state index in [1.807, 2.05) is 6.07 Å². The summed E-state index contributed by atoms with van der Waals surface area (Å²) in [6, 6.07) is 4.98. The van der Waals surface area contributed by atoms with Gasteiger partial charge < -0.3 is 0 Å². The van der Waals surface area contributed by atoms with Crippen molar-refractivity contribution in [1.29, 1.82) is 5.26 Å². The zero-order chi connectivity index (χ0) is 10.3. The molecule has 14 heavy (non-hydrogen) atoms. The molecule has 0 unspecified atom stereocenters. The van der Waals surface area contributed by atoms with Crippen LogP contribution in [0, 0.1) is 18.3 Å². The number of hydrogen-bond acceptors (Lipinski definition) is 3. The van der Waals surface area contributed by atoms with Gasteiger partial charge in [0.25, 0.3) is 11.8 Å². The third-order valence-corrected chi connectivity index (χ3v) is 2.20. The molecule has 0 saturated heterocycles. The van der Waals surface area contributed by atoms with Gasteiger partial charge in [-0.05, 0) is 24.6 Å². The minimum absolute atomic E-state index is 0.289. The molecule has 1 aliphatic heterocycles. The van der Waals surface area contributed by atoms with Crippen molar-refractivity contribution in [3.05, 3.63) is 34.4 Å². The Morgan fingerprint density at radius 3 is 2.36 bits per heavy atom. The van der Waals surface area contributed by atoms with Crippen LogP contribution in [-0.2, 0) is 0 Å². The standard InChI is InChI=1S/C10H6N2O2/c1-5-2-7-8(3-6(5)4-11)10(14)12-9(7)13/h2-3H,1H3,(H,12,13,14). The SMILES string of the molecule is Cc1cc2c(cc1C#N)C(=O)NC2=O. The first kappa shape index (κ1) is 8.45. The molecular formula is C10H6N2O2. The quantitative estimate of drug-likeness (QED) is 0.608. The molecule has 2 rings (SSSR count). The van der Waals surface area contributed by atoms with Crippen molar-refractivity contribution >= 4 is 11.8 Å². The van der Waals surface area contributed by atoms with E-state index in [0.717, 1.165) is 0 Å². The second-order valence-electron chi connectivity index (χ2n) is 3.11. The van der Waals surface area contributed by atoms with Crippen molar-refractivity contribution in [2.24, 2.45) is 0 Å². The fraction of sp³-hybridized carbons (Fsp3) is 0.100. The number of nitriles is 1. The molecule has 0 aliphatic carbocycles. The Labute approximate surface area is 80.2 Å². The summed E-state index contributed by atoms with van der Waals surface area (Å²) in [4.78, 5) is 22.4. The second-order valence-corrected chi connectivity index (χ2v) is 3.11. The Morgan fingerprint density at radius 1 is 1.21 bits per heavy atom. The number of carbonyl (C=O) groups excluding carboxylic acids is 2. The summed E-state index contributed by atoms with van der Waals surface area (Å²) >= 11 is 0. The van der Waals surface area contributed by atoms with Crippen LogP contribution in [0.5, 0.6) is 0 Å². The first-order valence-electron chi connectivity index (χ1n) is 4.04. The van der Waals surface area contributed by atoms with E-state index in [4.69, 9.17) is 5.26 Å². The predicted octanol–water partition coefficient (Wildman–Crippen LogP) is 0.750. The Bertz CT molecular complexity index is 498. The van der Waals surface area contributed by atoms with E-state index in [0.29, 0.717) is 16.7 Å². The van der Waals surface area contributed by atoms with E-state index in [9.17, 15) is 9.59 Å². The van der Waals surface area contributed by atoms with Gasteiger partial charge in [-0.1, -0.05) is 0 Å². The average Bonchev–Trinajstić information content (AvgIpc) is 2.41. The normalized spacial score (nSPS) is 13.4. The summed E-state index contributed by atoms with van der Waals surface area (Å²) in [5.74, 6) is -0.820. The molecule has 0 aromatic heterocycles. The van der Waals surface area contributed by atoms with Gasteiger partial charge in [-0.3, -0.25) is 14.9 Å². The smallest absolute Gasteiger partial charge is 0.258 e. The third-order valence-electron chi connectivity index (χ3n) is 2.20. The lowest BCUT2D eigenvalue weighted by Gasteiger charge is -1.98. The van der Waals surface area contributed by atoms with E-state index in [1.165, 1.54) is 6.07 Å². The van der Waals surface area contributed by atoms with Gasteiger partial charge in [-0.2, -0.15) is 5.26 Å². The van der Waals surface area contributed by atoms with Crippen LogP contribution in [0.15, 0.2) is 12.1 Å². The highest BCUT2D eigenvalue weighted by Gasteiger charge is 2.27. The molecule has 0 spiro atoms. The van der Waals surface area contributed by atoms with E-state index >= 15 is 0 Å². The van der Waals surface area contributed by atoms with Crippen LogP contribution in [0.1, 0.15) is 31.8 Å². The van der Waals surface area contributed by atoms with Crippen molar-refractivity contribution in [3.8, 4) is 6.07 Å². The zero-order valence-electron chi connectivity index (χ0n) is 7.42. The van der Waals surface area contributed by atoms with Gasteiger partial charge >= 0.3 is 0 Å². The Balaban J connectivity index is 2.73. The molecule has 1 heterocycles. The number of fused-ring (bicyclic) bond motifs is 1. The van der Waals surface area contributed by atoms with Gasteiger partial charge in [0.05, 0.1) is 22.8 Å². The maximum atomic E-state index is 11.2. The van der Waals surface area contributed by atoms with Crippen LogP contribution in [0.4, 0.5) is 0 Å². The van der Waals surface area contributed by atoms with Crippen molar-refractivity contribution in [1.82, 2.24) is 5.32 Å². The van der Waals surface area contributed by atoms with Crippen molar-refractivity contribution in [3.63, 3.8) is 0 Å².